The molecule has 0 radical (unpaired) electrons. The summed E-state index contributed by atoms with van der Waals surface area (Å²) in [6.07, 6.45) is 3.24. The second-order valence-electron chi connectivity index (χ2n) is 4.18. The first kappa shape index (κ1) is 12.2. The number of rotatable bonds is 3. The molecule has 1 amide bonds. The molecular weight excluding hydrogens is 256 g/mol. The number of aromatic nitrogens is 3. The lowest BCUT2D eigenvalue weighted by Crippen LogP contribution is -2.12. The number of aromatic amines is 1. The average molecular weight is 268 g/mol. The first-order valence-electron chi connectivity index (χ1n) is 6.01. The number of hydrogen-bond donors (Lipinski definition) is 2. The van der Waals surface area contributed by atoms with Crippen LogP contribution in [0.5, 0.6) is 5.75 Å². The monoisotopic (exact) mass is 268 g/mol. The van der Waals surface area contributed by atoms with Gasteiger partial charge >= 0.3 is 0 Å². The van der Waals surface area contributed by atoms with Crippen LogP contribution < -0.4 is 10.1 Å². The number of nitrogens with one attached hydrogen (secondary N) is 2. The highest BCUT2D eigenvalue weighted by Gasteiger charge is 2.10. The van der Waals surface area contributed by atoms with E-state index in [0.29, 0.717) is 22.6 Å². The largest absolute Gasteiger partial charge is 0.497 e. The van der Waals surface area contributed by atoms with E-state index in [9.17, 15) is 4.79 Å². The number of hydrogen-bond acceptors (Lipinski definition) is 4. The van der Waals surface area contributed by atoms with Gasteiger partial charge in [0, 0.05) is 11.8 Å². The maximum Gasteiger partial charge on any atom is 0.255 e. The van der Waals surface area contributed by atoms with Gasteiger partial charge in [-0.25, -0.2) is 4.98 Å². The van der Waals surface area contributed by atoms with Gasteiger partial charge in [-0.1, -0.05) is 6.07 Å². The maximum atomic E-state index is 12.2. The van der Waals surface area contributed by atoms with Crippen LogP contribution in [0.25, 0.3) is 11.0 Å². The van der Waals surface area contributed by atoms with Gasteiger partial charge in [-0.05, 0) is 24.3 Å². The van der Waals surface area contributed by atoms with E-state index in [2.05, 4.69) is 20.5 Å². The molecule has 6 heteroatoms. The third kappa shape index (κ3) is 2.18. The normalized spacial score (nSPS) is 10.4. The number of anilines is 1. The summed E-state index contributed by atoms with van der Waals surface area (Å²) in [6, 6.07) is 8.70. The number of H-pyrrole nitrogens is 1. The Morgan fingerprint density at radius 3 is 3.10 bits per heavy atom. The van der Waals surface area contributed by atoms with Gasteiger partial charge in [0.15, 0.2) is 5.65 Å². The highest BCUT2D eigenvalue weighted by molar-refractivity contribution is 6.08. The minimum atomic E-state index is -0.211. The van der Waals surface area contributed by atoms with E-state index in [4.69, 9.17) is 4.74 Å². The van der Waals surface area contributed by atoms with E-state index in [1.807, 2.05) is 0 Å². The molecule has 3 rings (SSSR count). The van der Waals surface area contributed by atoms with Crippen LogP contribution in [0.1, 0.15) is 10.4 Å². The van der Waals surface area contributed by atoms with E-state index >= 15 is 0 Å². The number of nitrogens with zero attached hydrogens (tertiary/aromatic N) is 2. The number of carbonyl (C=O) groups excluding carboxylic acids is 1. The Balaban J connectivity index is 1.90. The van der Waals surface area contributed by atoms with Crippen LogP contribution >= 0.6 is 0 Å². The van der Waals surface area contributed by atoms with Gasteiger partial charge in [0.25, 0.3) is 5.91 Å². The summed E-state index contributed by atoms with van der Waals surface area (Å²) in [6.45, 7) is 0. The lowest BCUT2D eigenvalue weighted by molar-refractivity contribution is 0.102. The van der Waals surface area contributed by atoms with E-state index in [-0.39, 0.29) is 5.91 Å². The first-order chi connectivity index (χ1) is 9.78. The summed E-state index contributed by atoms with van der Waals surface area (Å²) in [5.74, 6) is 0.429. The molecule has 6 nitrogen and oxygen atoms in total. The molecule has 1 aromatic carbocycles. The number of ether oxygens (including phenoxy) is 1. The van der Waals surface area contributed by atoms with Crippen LogP contribution in [0.4, 0.5) is 5.69 Å². The lowest BCUT2D eigenvalue weighted by atomic mass is 10.2. The fourth-order valence-corrected chi connectivity index (χ4v) is 1.92. The molecule has 100 valence electrons. The van der Waals surface area contributed by atoms with E-state index in [1.165, 1.54) is 0 Å². The van der Waals surface area contributed by atoms with Crippen LogP contribution in [-0.4, -0.2) is 28.2 Å². The predicted molar refractivity (Wildman–Crippen MR) is 74.8 cm³/mol. The standard InChI is InChI=1S/C14H12N4O2/c1-20-10-4-2-3-9(7-10)14(19)17-12-5-6-15-13-11(12)8-16-18-13/h2-8H,1H3,(H2,15,16,17,18,19). The SMILES string of the molecule is COc1cccc(C(=O)Nc2ccnc3[nH]ncc23)c1. The van der Waals surface area contributed by atoms with Crippen molar-refractivity contribution in [3.8, 4) is 5.75 Å². The fourth-order valence-electron chi connectivity index (χ4n) is 1.92. The minimum absolute atomic E-state index is 0.211. The van der Waals surface area contributed by atoms with Crippen LogP contribution in [-0.2, 0) is 0 Å². The summed E-state index contributed by atoms with van der Waals surface area (Å²) in [5, 5.41) is 10.3. The third-order valence-corrected chi connectivity index (χ3v) is 2.93. The Hall–Kier alpha value is -2.89. The Labute approximate surface area is 114 Å². The van der Waals surface area contributed by atoms with Crippen molar-refractivity contribution in [2.24, 2.45) is 0 Å². The average Bonchev–Trinajstić information content (AvgIpc) is 2.97. The predicted octanol–water partition coefficient (Wildman–Crippen LogP) is 2.22. The van der Waals surface area contributed by atoms with Crippen LogP contribution in [0, 0.1) is 0 Å². The van der Waals surface area contributed by atoms with Crippen molar-refractivity contribution in [3.05, 3.63) is 48.3 Å². The molecule has 0 aliphatic carbocycles. The molecule has 0 unspecified atom stereocenters. The van der Waals surface area contributed by atoms with Crippen LogP contribution in [0.3, 0.4) is 0 Å². The number of methoxy groups -OCH3 is 1. The number of fused-ring (bicyclic) bond motifs is 1. The number of carbonyl (C=O) groups is 1. The smallest absolute Gasteiger partial charge is 0.255 e. The van der Waals surface area contributed by atoms with Crippen molar-refractivity contribution in [3.63, 3.8) is 0 Å². The first-order valence-corrected chi connectivity index (χ1v) is 6.01. The molecular formula is C14H12N4O2. The molecule has 0 saturated heterocycles. The second-order valence-corrected chi connectivity index (χ2v) is 4.18. The molecule has 0 aliphatic rings. The Morgan fingerprint density at radius 1 is 1.35 bits per heavy atom. The molecule has 0 bridgehead atoms. The Morgan fingerprint density at radius 2 is 2.25 bits per heavy atom. The zero-order valence-corrected chi connectivity index (χ0v) is 10.8. The van der Waals surface area contributed by atoms with Gasteiger partial charge in [-0.2, -0.15) is 5.10 Å². The van der Waals surface area contributed by atoms with E-state index in [1.54, 1.807) is 49.8 Å². The van der Waals surface area contributed by atoms with E-state index < -0.39 is 0 Å². The maximum absolute atomic E-state index is 12.2. The van der Waals surface area contributed by atoms with Gasteiger partial charge in [-0.3, -0.25) is 9.89 Å². The van der Waals surface area contributed by atoms with E-state index in [0.717, 1.165) is 5.39 Å². The highest BCUT2D eigenvalue weighted by atomic mass is 16.5. The van der Waals surface area contributed by atoms with Crippen molar-refractivity contribution in [2.75, 3.05) is 12.4 Å². The minimum Gasteiger partial charge on any atom is -0.497 e. The number of pyridine rings is 1. The molecule has 2 heterocycles. The lowest BCUT2D eigenvalue weighted by Gasteiger charge is -2.07. The van der Waals surface area contributed by atoms with Crippen molar-refractivity contribution < 1.29 is 9.53 Å². The topological polar surface area (TPSA) is 79.9 Å². The van der Waals surface area contributed by atoms with Crippen molar-refractivity contribution in [2.45, 2.75) is 0 Å². The van der Waals surface area contributed by atoms with Gasteiger partial charge in [0.2, 0.25) is 0 Å². The van der Waals surface area contributed by atoms with Gasteiger partial charge < -0.3 is 10.1 Å². The molecule has 0 spiro atoms. The van der Waals surface area contributed by atoms with Gasteiger partial charge in [-0.15, -0.1) is 0 Å². The summed E-state index contributed by atoms with van der Waals surface area (Å²) >= 11 is 0. The molecule has 3 aromatic rings. The van der Waals surface area contributed by atoms with Crippen LogP contribution in [0.2, 0.25) is 0 Å². The van der Waals surface area contributed by atoms with Crippen molar-refractivity contribution in [1.29, 1.82) is 0 Å². The highest BCUT2D eigenvalue weighted by Crippen LogP contribution is 2.20. The van der Waals surface area contributed by atoms with Crippen molar-refractivity contribution in [1.82, 2.24) is 15.2 Å². The quantitative estimate of drug-likeness (QED) is 0.763. The molecule has 0 fully saturated rings. The van der Waals surface area contributed by atoms with Gasteiger partial charge in [0.05, 0.1) is 24.4 Å². The zero-order valence-electron chi connectivity index (χ0n) is 10.8. The summed E-state index contributed by atoms with van der Waals surface area (Å²) in [7, 11) is 1.56. The molecule has 0 atom stereocenters. The number of benzene rings is 1. The summed E-state index contributed by atoms with van der Waals surface area (Å²) in [4.78, 5) is 16.4. The molecule has 0 aliphatic heterocycles. The number of amides is 1. The second kappa shape index (κ2) is 5.00. The molecule has 2 N–H and O–H groups in total. The van der Waals surface area contributed by atoms with Gasteiger partial charge in [0.1, 0.15) is 5.75 Å². The Bertz CT molecular complexity index is 766. The summed E-state index contributed by atoms with van der Waals surface area (Å²) < 4.78 is 5.11. The molecule has 2 aromatic heterocycles. The molecule has 20 heavy (non-hydrogen) atoms. The third-order valence-electron chi connectivity index (χ3n) is 2.93. The Kier molecular flexibility index (Phi) is 3.04. The zero-order chi connectivity index (χ0) is 13.9. The van der Waals surface area contributed by atoms with Crippen LogP contribution in [0.15, 0.2) is 42.7 Å². The fraction of sp³-hybridized carbons (Fsp3) is 0.0714. The molecule has 0 saturated carbocycles. The van der Waals surface area contributed by atoms with Crippen molar-refractivity contribution >= 4 is 22.6 Å². The summed E-state index contributed by atoms with van der Waals surface area (Å²) in [5.41, 5.74) is 1.82.